The van der Waals surface area contributed by atoms with Crippen LogP contribution < -0.4 is 0 Å². The van der Waals surface area contributed by atoms with Crippen LogP contribution in [0.5, 0.6) is 0 Å². The van der Waals surface area contributed by atoms with Gasteiger partial charge in [0.1, 0.15) is 5.60 Å². The number of ether oxygens (including phenoxy) is 2. The van der Waals surface area contributed by atoms with Gasteiger partial charge in [-0.25, -0.2) is 9.36 Å². The van der Waals surface area contributed by atoms with Crippen molar-refractivity contribution in [2.24, 2.45) is 0 Å². The first-order valence-corrected chi connectivity index (χ1v) is 8.26. The summed E-state index contributed by atoms with van der Waals surface area (Å²) in [6.07, 6.45) is 4.96. The Kier molecular flexibility index (Phi) is 4.07. The summed E-state index contributed by atoms with van der Waals surface area (Å²) in [5.74, 6) is 0. The summed E-state index contributed by atoms with van der Waals surface area (Å²) in [5.41, 5.74) is 4.77. The molecule has 0 bridgehead atoms. The second-order valence-electron chi connectivity index (χ2n) is 6.66. The SMILES string of the molecule is C=C(C=COC)C(=CC)c1c(C)c2cccc3c2n1C(=O)OC3(C)C. The van der Waals surface area contributed by atoms with E-state index in [-0.39, 0.29) is 6.09 Å². The van der Waals surface area contributed by atoms with Crippen molar-refractivity contribution in [3.05, 3.63) is 65.6 Å². The van der Waals surface area contributed by atoms with Crippen molar-refractivity contribution >= 4 is 22.6 Å². The van der Waals surface area contributed by atoms with Gasteiger partial charge in [-0.15, -0.1) is 0 Å². The molecule has 0 fully saturated rings. The molecule has 130 valence electrons. The number of carbonyl (C=O) groups excluding carboxylic acids is 1. The molecule has 0 atom stereocenters. The molecule has 1 aliphatic rings. The molecule has 0 saturated heterocycles. The Morgan fingerprint density at radius 3 is 2.72 bits per heavy atom. The Labute approximate surface area is 148 Å². The van der Waals surface area contributed by atoms with Crippen LogP contribution in [0.4, 0.5) is 4.79 Å². The number of aromatic nitrogens is 1. The minimum Gasteiger partial charge on any atom is -0.504 e. The Bertz CT molecular complexity index is 942. The third kappa shape index (κ3) is 2.49. The van der Waals surface area contributed by atoms with Gasteiger partial charge in [0.2, 0.25) is 0 Å². The molecule has 0 saturated carbocycles. The summed E-state index contributed by atoms with van der Waals surface area (Å²) < 4.78 is 12.4. The average molecular weight is 337 g/mol. The number of benzene rings is 1. The Balaban J connectivity index is 2.36. The third-order valence-corrected chi connectivity index (χ3v) is 4.71. The lowest BCUT2D eigenvalue weighted by atomic mass is 9.94. The standard InChI is InChI=1S/C21H23NO3/c1-7-15(13(2)11-12-24-6)18-14(3)16-9-8-10-17-19(16)22(18)20(23)25-21(17,4)5/h7-12H,2H2,1,3-6H3. The lowest BCUT2D eigenvalue weighted by Gasteiger charge is -2.31. The number of methoxy groups -OCH3 is 1. The van der Waals surface area contributed by atoms with Crippen molar-refractivity contribution in [2.75, 3.05) is 7.11 Å². The highest BCUT2D eigenvalue weighted by atomic mass is 16.6. The predicted octanol–water partition coefficient (Wildman–Crippen LogP) is 5.30. The van der Waals surface area contributed by atoms with Gasteiger partial charge in [0.25, 0.3) is 0 Å². The number of para-hydroxylation sites is 1. The molecule has 4 nitrogen and oxygen atoms in total. The maximum Gasteiger partial charge on any atom is 0.419 e. The molecule has 25 heavy (non-hydrogen) atoms. The second-order valence-corrected chi connectivity index (χ2v) is 6.66. The van der Waals surface area contributed by atoms with Crippen molar-refractivity contribution < 1.29 is 14.3 Å². The van der Waals surface area contributed by atoms with Gasteiger partial charge in [-0.3, -0.25) is 0 Å². The van der Waals surface area contributed by atoms with Crippen LogP contribution in [0.2, 0.25) is 0 Å². The molecule has 2 heterocycles. The summed E-state index contributed by atoms with van der Waals surface area (Å²) in [7, 11) is 1.59. The molecule has 0 radical (unpaired) electrons. The topological polar surface area (TPSA) is 40.5 Å². The molecule has 1 aromatic carbocycles. The quantitative estimate of drug-likeness (QED) is 0.561. The van der Waals surface area contributed by atoms with E-state index >= 15 is 0 Å². The van der Waals surface area contributed by atoms with Crippen molar-refractivity contribution in [2.45, 2.75) is 33.3 Å². The zero-order valence-electron chi connectivity index (χ0n) is 15.3. The van der Waals surface area contributed by atoms with E-state index in [1.807, 2.05) is 52.0 Å². The highest BCUT2D eigenvalue weighted by Crippen LogP contribution is 2.42. The first-order chi connectivity index (χ1) is 11.8. The van der Waals surface area contributed by atoms with E-state index in [1.165, 1.54) is 0 Å². The number of allylic oxidation sites excluding steroid dienone is 4. The lowest BCUT2D eigenvalue weighted by molar-refractivity contribution is 0.0330. The summed E-state index contributed by atoms with van der Waals surface area (Å²) in [5, 5.41) is 1.06. The first kappa shape index (κ1) is 17.1. The van der Waals surface area contributed by atoms with Gasteiger partial charge in [-0.05, 0) is 44.9 Å². The van der Waals surface area contributed by atoms with Crippen LogP contribution in [0.1, 0.15) is 37.6 Å². The van der Waals surface area contributed by atoms with Crippen LogP contribution in [0.15, 0.2) is 48.8 Å². The van der Waals surface area contributed by atoms with Crippen molar-refractivity contribution in [1.29, 1.82) is 0 Å². The van der Waals surface area contributed by atoms with E-state index in [4.69, 9.17) is 9.47 Å². The third-order valence-electron chi connectivity index (χ3n) is 4.71. The molecule has 1 aromatic heterocycles. The molecule has 0 spiro atoms. The Morgan fingerprint density at radius 1 is 1.36 bits per heavy atom. The monoisotopic (exact) mass is 337 g/mol. The highest BCUT2D eigenvalue weighted by molar-refractivity contribution is 6.02. The van der Waals surface area contributed by atoms with Gasteiger partial charge in [0.15, 0.2) is 0 Å². The Morgan fingerprint density at radius 2 is 2.08 bits per heavy atom. The maximum atomic E-state index is 12.8. The summed E-state index contributed by atoms with van der Waals surface area (Å²) >= 11 is 0. The number of nitrogens with zero attached hydrogens (tertiary/aromatic N) is 1. The number of carbonyl (C=O) groups is 1. The van der Waals surface area contributed by atoms with Crippen LogP contribution in [0.25, 0.3) is 16.5 Å². The van der Waals surface area contributed by atoms with E-state index in [9.17, 15) is 4.79 Å². The minimum atomic E-state index is -0.655. The largest absolute Gasteiger partial charge is 0.504 e. The molecule has 0 aliphatic carbocycles. The predicted molar refractivity (Wildman–Crippen MR) is 101 cm³/mol. The lowest BCUT2D eigenvalue weighted by Crippen LogP contribution is -2.34. The fourth-order valence-electron chi connectivity index (χ4n) is 3.52. The molecule has 2 aromatic rings. The summed E-state index contributed by atoms with van der Waals surface area (Å²) in [6, 6.07) is 6.07. The number of aryl methyl sites for hydroxylation is 1. The van der Waals surface area contributed by atoms with Crippen molar-refractivity contribution in [3.63, 3.8) is 0 Å². The maximum absolute atomic E-state index is 12.8. The molecule has 0 unspecified atom stereocenters. The average Bonchev–Trinajstić information content (AvgIpc) is 2.86. The zero-order valence-corrected chi connectivity index (χ0v) is 15.3. The van der Waals surface area contributed by atoms with E-state index in [0.717, 1.165) is 38.9 Å². The van der Waals surface area contributed by atoms with Gasteiger partial charge >= 0.3 is 6.09 Å². The van der Waals surface area contributed by atoms with E-state index in [1.54, 1.807) is 24.0 Å². The van der Waals surface area contributed by atoms with Crippen molar-refractivity contribution in [1.82, 2.24) is 4.57 Å². The highest BCUT2D eigenvalue weighted by Gasteiger charge is 2.37. The number of cyclic esters (lactones) is 1. The molecule has 3 rings (SSSR count). The van der Waals surface area contributed by atoms with Gasteiger partial charge in [0, 0.05) is 16.5 Å². The first-order valence-electron chi connectivity index (χ1n) is 8.26. The van der Waals surface area contributed by atoms with E-state index < -0.39 is 5.60 Å². The number of hydrogen-bond acceptors (Lipinski definition) is 3. The molecule has 0 N–H and O–H groups in total. The molecule has 4 heteroatoms. The van der Waals surface area contributed by atoms with Crippen LogP contribution >= 0.6 is 0 Å². The normalized spacial score (nSPS) is 16.4. The van der Waals surface area contributed by atoms with Gasteiger partial charge in [-0.1, -0.05) is 30.9 Å². The fourth-order valence-corrected chi connectivity index (χ4v) is 3.52. The summed E-state index contributed by atoms with van der Waals surface area (Å²) in [4.78, 5) is 12.8. The van der Waals surface area contributed by atoms with Crippen LogP contribution in [0.3, 0.4) is 0 Å². The van der Waals surface area contributed by atoms with Crippen LogP contribution in [-0.2, 0) is 15.1 Å². The van der Waals surface area contributed by atoms with E-state index in [2.05, 4.69) is 6.58 Å². The zero-order chi connectivity index (χ0) is 18.4. The van der Waals surface area contributed by atoms with Crippen LogP contribution in [0, 0.1) is 6.92 Å². The van der Waals surface area contributed by atoms with Crippen LogP contribution in [-0.4, -0.2) is 17.8 Å². The van der Waals surface area contributed by atoms with Crippen molar-refractivity contribution in [3.8, 4) is 0 Å². The number of hydrogen-bond donors (Lipinski definition) is 0. The summed E-state index contributed by atoms with van der Waals surface area (Å²) in [6.45, 7) is 11.9. The van der Waals surface area contributed by atoms with E-state index in [0.29, 0.717) is 0 Å². The second kappa shape index (κ2) is 5.96. The smallest absolute Gasteiger partial charge is 0.419 e. The Hall–Kier alpha value is -2.75. The van der Waals surface area contributed by atoms with Gasteiger partial charge < -0.3 is 9.47 Å². The van der Waals surface area contributed by atoms with Gasteiger partial charge in [0.05, 0.1) is 24.6 Å². The molecule has 1 aliphatic heterocycles. The molecular weight excluding hydrogens is 314 g/mol. The molecule has 0 amide bonds. The molecular formula is C21H23NO3. The fraction of sp³-hybridized carbons (Fsp3) is 0.286. The minimum absolute atomic E-state index is 0.361. The number of rotatable bonds is 4. The van der Waals surface area contributed by atoms with Gasteiger partial charge in [-0.2, -0.15) is 0 Å².